The molecule has 1 aliphatic rings. The number of benzene rings is 1. The minimum Gasteiger partial charge on any atom is -0.306 e. The maximum Gasteiger partial charge on any atom is 0.238 e. The molecular formula is C15H18N2OS. The number of rotatable bonds is 2. The summed E-state index contributed by atoms with van der Waals surface area (Å²) in [6.07, 6.45) is 0.937. The van der Waals surface area contributed by atoms with Gasteiger partial charge in [0.05, 0.1) is 5.75 Å². The molecule has 1 amide bonds. The number of thioether (sulfide) groups is 1. The number of hydrogen-bond acceptors (Lipinski definition) is 3. The van der Waals surface area contributed by atoms with Crippen molar-refractivity contribution in [3.8, 4) is 5.40 Å². The molecule has 1 atom stereocenters. The van der Waals surface area contributed by atoms with Crippen molar-refractivity contribution in [2.45, 2.75) is 38.6 Å². The minimum absolute atomic E-state index is 0.0101. The van der Waals surface area contributed by atoms with E-state index in [9.17, 15) is 4.79 Å². The standard InChI is InChI=1S/C15H18N2OS/c1-11-8-15(2,3)17(14(18)9-19-10-16)13-7-5-4-6-12(11)13/h4-7,11H,8-9H2,1-3H3. The van der Waals surface area contributed by atoms with E-state index >= 15 is 0 Å². The van der Waals surface area contributed by atoms with E-state index in [4.69, 9.17) is 5.26 Å². The van der Waals surface area contributed by atoms with E-state index in [1.165, 1.54) is 5.56 Å². The van der Waals surface area contributed by atoms with E-state index in [1.54, 1.807) is 0 Å². The van der Waals surface area contributed by atoms with Gasteiger partial charge in [-0.15, -0.1) is 0 Å². The van der Waals surface area contributed by atoms with Crippen LogP contribution in [0.3, 0.4) is 0 Å². The van der Waals surface area contributed by atoms with Gasteiger partial charge in [-0.3, -0.25) is 4.79 Å². The lowest BCUT2D eigenvalue weighted by molar-refractivity contribution is -0.117. The van der Waals surface area contributed by atoms with Crippen molar-refractivity contribution in [2.75, 3.05) is 10.7 Å². The predicted octanol–water partition coefficient (Wildman–Crippen LogP) is 3.52. The first-order valence-electron chi connectivity index (χ1n) is 6.40. The average Bonchev–Trinajstić information content (AvgIpc) is 2.35. The van der Waals surface area contributed by atoms with Crippen LogP contribution < -0.4 is 4.90 Å². The first kappa shape index (κ1) is 14.0. The molecule has 0 fully saturated rings. The van der Waals surface area contributed by atoms with Gasteiger partial charge in [0.2, 0.25) is 5.91 Å². The Labute approximate surface area is 118 Å². The molecule has 1 aliphatic heterocycles. The molecule has 0 radical (unpaired) electrons. The third-order valence-corrected chi connectivity index (χ3v) is 4.15. The van der Waals surface area contributed by atoms with Crippen molar-refractivity contribution < 1.29 is 4.79 Å². The molecule has 0 aromatic heterocycles. The van der Waals surface area contributed by atoms with Gasteiger partial charge in [0.1, 0.15) is 5.40 Å². The van der Waals surface area contributed by atoms with E-state index < -0.39 is 0 Å². The number of fused-ring (bicyclic) bond motifs is 1. The lowest BCUT2D eigenvalue weighted by Crippen LogP contribution is -2.52. The minimum atomic E-state index is -0.207. The Hall–Kier alpha value is -1.47. The molecule has 1 aromatic rings. The highest BCUT2D eigenvalue weighted by Crippen LogP contribution is 2.43. The number of hydrogen-bond donors (Lipinski definition) is 0. The third-order valence-electron chi connectivity index (χ3n) is 3.63. The molecule has 4 heteroatoms. The van der Waals surface area contributed by atoms with Gasteiger partial charge in [-0.25, -0.2) is 0 Å². The molecule has 3 nitrogen and oxygen atoms in total. The Bertz CT molecular complexity index is 533. The van der Waals surface area contributed by atoms with Gasteiger partial charge < -0.3 is 4.90 Å². The number of nitrogens with zero attached hydrogens (tertiary/aromatic N) is 2. The monoisotopic (exact) mass is 274 g/mol. The zero-order valence-electron chi connectivity index (χ0n) is 11.5. The van der Waals surface area contributed by atoms with Gasteiger partial charge in [0.25, 0.3) is 0 Å². The first-order valence-corrected chi connectivity index (χ1v) is 7.39. The summed E-state index contributed by atoms with van der Waals surface area (Å²) in [4.78, 5) is 14.3. The van der Waals surface area contributed by atoms with Crippen LogP contribution in [0.2, 0.25) is 0 Å². The summed E-state index contributed by atoms with van der Waals surface area (Å²) in [5.74, 6) is 0.664. The van der Waals surface area contributed by atoms with Crippen molar-refractivity contribution in [3.05, 3.63) is 29.8 Å². The van der Waals surface area contributed by atoms with E-state index in [-0.39, 0.29) is 17.2 Å². The van der Waals surface area contributed by atoms with E-state index in [1.807, 2.05) is 28.5 Å². The highest BCUT2D eigenvalue weighted by Gasteiger charge is 2.39. The summed E-state index contributed by atoms with van der Waals surface area (Å²) in [6, 6.07) is 8.07. The Morgan fingerprint density at radius 3 is 2.89 bits per heavy atom. The summed E-state index contributed by atoms with van der Waals surface area (Å²) >= 11 is 1.00. The largest absolute Gasteiger partial charge is 0.306 e. The van der Waals surface area contributed by atoms with Crippen LogP contribution in [0.15, 0.2) is 24.3 Å². The number of carbonyl (C=O) groups excluding carboxylic acids is 1. The SMILES string of the molecule is CC1CC(C)(C)N(C(=O)CSC#N)c2ccccc21. The van der Waals surface area contributed by atoms with Crippen LogP contribution in [-0.2, 0) is 4.79 Å². The molecule has 0 aliphatic carbocycles. The second-order valence-electron chi connectivity index (χ2n) is 5.59. The number of para-hydroxylation sites is 1. The molecule has 0 saturated carbocycles. The molecule has 19 heavy (non-hydrogen) atoms. The summed E-state index contributed by atoms with van der Waals surface area (Å²) < 4.78 is 0. The molecule has 2 rings (SSSR count). The molecular weight excluding hydrogens is 256 g/mol. The van der Waals surface area contributed by atoms with E-state index in [0.29, 0.717) is 5.92 Å². The zero-order valence-corrected chi connectivity index (χ0v) is 12.3. The summed E-state index contributed by atoms with van der Waals surface area (Å²) in [7, 11) is 0. The summed E-state index contributed by atoms with van der Waals surface area (Å²) in [5.41, 5.74) is 2.01. The lowest BCUT2D eigenvalue weighted by Gasteiger charge is -2.45. The second kappa shape index (κ2) is 5.26. The molecule has 0 saturated heterocycles. The van der Waals surface area contributed by atoms with Crippen molar-refractivity contribution in [3.63, 3.8) is 0 Å². The van der Waals surface area contributed by atoms with Crippen molar-refractivity contribution >= 4 is 23.4 Å². The van der Waals surface area contributed by atoms with Crippen LogP contribution in [0.4, 0.5) is 5.69 Å². The fourth-order valence-corrected chi connectivity index (χ4v) is 3.33. The second-order valence-corrected chi connectivity index (χ2v) is 6.35. The van der Waals surface area contributed by atoms with Gasteiger partial charge in [-0.1, -0.05) is 25.1 Å². The predicted molar refractivity (Wildman–Crippen MR) is 79.1 cm³/mol. The fraction of sp³-hybridized carbons (Fsp3) is 0.467. The Morgan fingerprint density at radius 1 is 1.53 bits per heavy atom. The van der Waals surface area contributed by atoms with Crippen molar-refractivity contribution in [2.24, 2.45) is 0 Å². The molecule has 100 valence electrons. The van der Waals surface area contributed by atoms with Crippen LogP contribution in [0.1, 0.15) is 38.7 Å². The van der Waals surface area contributed by atoms with Crippen LogP contribution in [0.25, 0.3) is 0 Å². The average molecular weight is 274 g/mol. The molecule has 1 heterocycles. The van der Waals surface area contributed by atoms with E-state index in [0.717, 1.165) is 23.9 Å². The smallest absolute Gasteiger partial charge is 0.238 e. The van der Waals surface area contributed by atoms with E-state index in [2.05, 4.69) is 26.8 Å². The maximum absolute atomic E-state index is 12.4. The number of thiocyanates is 1. The van der Waals surface area contributed by atoms with Gasteiger partial charge in [-0.05, 0) is 49.6 Å². The third kappa shape index (κ3) is 2.62. The zero-order chi connectivity index (χ0) is 14.0. The van der Waals surface area contributed by atoms with Crippen LogP contribution in [-0.4, -0.2) is 17.2 Å². The topological polar surface area (TPSA) is 44.1 Å². The first-order chi connectivity index (χ1) is 8.97. The lowest BCUT2D eigenvalue weighted by atomic mass is 9.80. The Kier molecular flexibility index (Phi) is 3.86. The van der Waals surface area contributed by atoms with Gasteiger partial charge >= 0.3 is 0 Å². The summed E-state index contributed by atoms with van der Waals surface area (Å²) in [6.45, 7) is 6.38. The quantitative estimate of drug-likeness (QED) is 0.775. The number of anilines is 1. The van der Waals surface area contributed by atoms with Crippen LogP contribution in [0, 0.1) is 10.7 Å². The van der Waals surface area contributed by atoms with Crippen LogP contribution >= 0.6 is 11.8 Å². The molecule has 0 spiro atoms. The number of carbonyl (C=O) groups is 1. The molecule has 0 bridgehead atoms. The van der Waals surface area contributed by atoms with Crippen molar-refractivity contribution in [1.29, 1.82) is 5.26 Å². The number of nitriles is 1. The molecule has 1 unspecified atom stereocenters. The van der Waals surface area contributed by atoms with Gasteiger partial charge in [0.15, 0.2) is 0 Å². The summed E-state index contributed by atoms with van der Waals surface area (Å²) in [5, 5.41) is 10.6. The van der Waals surface area contributed by atoms with Crippen LogP contribution in [0.5, 0.6) is 0 Å². The highest BCUT2D eigenvalue weighted by molar-refractivity contribution is 8.04. The van der Waals surface area contributed by atoms with Gasteiger partial charge in [0, 0.05) is 11.2 Å². The highest BCUT2D eigenvalue weighted by atomic mass is 32.2. The maximum atomic E-state index is 12.4. The van der Waals surface area contributed by atoms with Gasteiger partial charge in [-0.2, -0.15) is 5.26 Å². The van der Waals surface area contributed by atoms with Crippen molar-refractivity contribution in [1.82, 2.24) is 0 Å². The normalized spacial score (nSPS) is 20.5. The Morgan fingerprint density at radius 2 is 2.21 bits per heavy atom. The Balaban J connectivity index is 2.42. The number of amides is 1. The molecule has 0 N–H and O–H groups in total. The fourth-order valence-electron chi connectivity index (χ4n) is 3.01. The molecule has 1 aromatic carbocycles.